The van der Waals surface area contributed by atoms with Crippen LogP contribution in [-0.2, 0) is 0 Å². The summed E-state index contributed by atoms with van der Waals surface area (Å²) < 4.78 is 0. The van der Waals surface area contributed by atoms with Gasteiger partial charge in [0.05, 0.1) is 0 Å². The summed E-state index contributed by atoms with van der Waals surface area (Å²) in [7, 11) is 1.77. The molecule has 0 spiro atoms. The van der Waals surface area contributed by atoms with Crippen LogP contribution in [0.3, 0.4) is 0 Å². The zero-order chi connectivity index (χ0) is 13.0. The second-order valence-electron chi connectivity index (χ2n) is 4.17. The van der Waals surface area contributed by atoms with Crippen LogP contribution in [0.2, 0.25) is 0 Å². The number of rotatable bonds is 5. The molecule has 0 aliphatic heterocycles. The molecule has 1 heterocycles. The van der Waals surface area contributed by atoms with Gasteiger partial charge in [0.2, 0.25) is 10.1 Å². The van der Waals surface area contributed by atoms with Gasteiger partial charge in [-0.05, 0) is 18.6 Å². The van der Waals surface area contributed by atoms with Crippen molar-refractivity contribution in [1.82, 2.24) is 15.5 Å². The molecule has 2 atom stereocenters. The first-order valence-corrected chi connectivity index (χ1v) is 8.04. The Bertz CT molecular complexity index is 410. The van der Waals surface area contributed by atoms with E-state index < -0.39 is 0 Å². The second kappa shape index (κ2) is 6.38. The summed E-state index contributed by atoms with van der Waals surface area (Å²) in [5.74, 6) is 1.00. The molecular weight excluding hydrogens is 268 g/mol. The lowest BCUT2D eigenvalue weighted by Gasteiger charge is -2.19. The Morgan fingerprint density at radius 1 is 1.50 bits per heavy atom. The Balaban J connectivity index is 1.94. The van der Waals surface area contributed by atoms with Crippen molar-refractivity contribution in [3.63, 3.8) is 0 Å². The molecule has 5 nitrogen and oxygen atoms in total. The molecule has 2 rings (SSSR count). The largest absolute Gasteiger partial charge is 0.363 e. The van der Waals surface area contributed by atoms with E-state index in [0.29, 0.717) is 15.4 Å². The fourth-order valence-corrected chi connectivity index (χ4v) is 3.95. The number of carbonyl (C=O) groups is 1. The van der Waals surface area contributed by atoms with Crippen LogP contribution in [-0.4, -0.2) is 40.2 Å². The molecule has 0 bridgehead atoms. The highest BCUT2D eigenvalue weighted by molar-refractivity contribution is 7.99. The third-order valence-electron chi connectivity index (χ3n) is 2.98. The summed E-state index contributed by atoms with van der Waals surface area (Å²) in [6.07, 6.45) is 3.46. The zero-order valence-corrected chi connectivity index (χ0v) is 12.2. The highest BCUT2D eigenvalue weighted by atomic mass is 32.2. The molecule has 1 aromatic heterocycles. The number of aromatic nitrogens is 2. The lowest BCUT2D eigenvalue weighted by Crippen LogP contribution is -2.38. The van der Waals surface area contributed by atoms with Crippen LogP contribution >= 0.6 is 23.1 Å². The van der Waals surface area contributed by atoms with Crippen molar-refractivity contribution in [2.45, 2.75) is 37.5 Å². The number of thioether (sulfide) groups is 1. The minimum atomic E-state index is -0.0948. The third-order valence-corrected chi connectivity index (χ3v) is 5.25. The summed E-state index contributed by atoms with van der Waals surface area (Å²) in [5, 5.41) is 15.4. The molecule has 2 N–H and O–H groups in total. The molecule has 18 heavy (non-hydrogen) atoms. The number of hydrogen-bond donors (Lipinski definition) is 2. The van der Waals surface area contributed by atoms with E-state index in [0.717, 1.165) is 12.2 Å². The van der Waals surface area contributed by atoms with E-state index >= 15 is 0 Å². The van der Waals surface area contributed by atoms with Gasteiger partial charge >= 0.3 is 0 Å². The predicted molar refractivity (Wildman–Crippen MR) is 76.5 cm³/mol. The minimum Gasteiger partial charge on any atom is -0.363 e. The molecule has 2 unspecified atom stereocenters. The van der Waals surface area contributed by atoms with Crippen LogP contribution in [0.4, 0.5) is 5.13 Å². The van der Waals surface area contributed by atoms with Gasteiger partial charge in [0, 0.05) is 18.3 Å². The number of amides is 1. The molecule has 100 valence electrons. The molecule has 1 amide bonds. The standard InChI is InChI=1S/C11H18N4OS2/c1-3-17-8-6-4-5-7(8)13-9(16)10-14-15-11(12-2)18-10/h7-8H,3-6H2,1-2H3,(H,12,15)(H,13,16). The molecule has 1 fully saturated rings. The lowest BCUT2D eigenvalue weighted by molar-refractivity contribution is 0.0937. The molecule has 1 aliphatic rings. The van der Waals surface area contributed by atoms with E-state index in [1.165, 1.54) is 24.2 Å². The molecule has 0 radical (unpaired) electrons. The van der Waals surface area contributed by atoms with E-state index in [4.69, 9.17) is 0 Å². The van der Waals surface area contributed by atoms with Gasteiger partial charge in [0.25, 0.3) is 5.91 Å². The van der Waals surface area contributed by atoms with Crippen molar-refractivity contribution in [3.05, 3.63) is 5.01 Å². The second-order valence-corrected chi connectivity index (χ2v) is 6.66. The maximum Gasteiger partial charge on any atom is 0.282 e. The Morgan fingerprint density at radius 3 is 3.00 bits per heavy atom. The van der Waals surface area contributed by atoms with Gasteiger partial charge in [0.1, 0.15) is 0 Å². The van der Waals surface area contributed by atoms with Gasteiger partial charge in [-0.3, -0.25) is 4.79 Å². The third kappa shape index (κ3) is 3.14. The minimum absolute atomic E-state index is 0.0948. The molecule has 7 heteroatoms. The first-order valence-electron chi connectivity index (χ1n) is 6.18. The number of carbonyl (C=O) groups excluding carboxylic acids is 1. The predicted octanol–water partition coefficient (Wildman–Crippen LogP) is 1.98. The number of anilines is 1. The van der Waals surface area contributed by atoms with E-state index in [1.807, 2.05) is 11.8 Å². The van der Waals surface area contributed by atoms with E-state index in [1.54, 1.807) is 7.05 Å². The first-order chi connectivity index (χ1) is 8.74. The van der Waals surface area contributed by atoms with Crippen molar-refractivity contribution < 1.29 is 4.79 Å². The summed E-state index contributed by atoms with van der Waals surface area (Å²) in [5.41, 5.74) is 0. The van der Waals surface area contributed by atoms with Gasteiger partial charge in [0.15, 0.2) is 0 Å². The van der Waals surface area contributed by atoms with Crippen molar-refractivity contribution >= 4 is 34.1 Å². The average molecular weight is 286 g/mol. The quantitative estimate of drug-likeness (QED) is 0.866. The van der Waals surface area contributed by atoms with Gasteiger partial charge in [-0.15, -0.1) is 10.2 Å². The maximum atomic E-state index is 12.0. The fraction of sp³-hybridized carbons (Fsp3) is 0.727. The SMILES string of the molecule is CCSC1CCCC1NC(=O)c1nnc(NC)s1. The number of nitrogens with one attached hydrogen (secondary N) is 2. The van der Waals surface area contributed by atoms with Crippen LogP contribution in [0, 0.1) is 0 Å². The Labute approximate surface area is 115 Å². The molecule has 1 saturated carbocycles. The Morgan fingerprint density at radius 2 is 2.33 bits per heavy atom. The van der Waals surface area contributed by atoms with Crippen molar-refractivity contribution in [1.29, 1.82) is 0 Å². The van der Waals surface area contributed by atoms with Crippen LogP contribution in [0.5, 0.6) is 0 Å². The highest BCUT2D eigenvalue weighted by Crippen LogP contribution is 2.30. The maximum absolute atomic E-state index is 12.0. The van der Waals surface area contributed by atoms with Crippen molar-refractivity contribution in [2.75, 3.05) is 18.1 Å². The topological polar surface area (TPSA) is 66.9 Å². The molecular formula is C11H18N4OS2. The van der Waals surface area contributed by atoms with Gasteiger partial charge < -0.3 is 10.6 Å². The van der Waals surface area contributed by atoms with E-state index in [9.17, 15) is 4.79 Å². The summed E-state index contributed by atoms with van der Waals surface area (Å²) in [6, 6.07) is 0.282. The highest BCUT2D eigenvalue weighted by Gasteiger charge is 2.29. The van der Waals surface area contributed by atoms with E-state index in [2.05, 4.69) is 27.8 Å². The summed E-state index contributed by atoms with van der Waals surface area (Å²) in [6.45, 7) is 2.16. The number of hydrogen-bond acceptors (Lipinski definition) is 6. The van der Waals surface area contributed by atoms with Crippen LogP contribution in [0.15, 0.2) is 0 Å². The van der Waals surface area contributed by atoms with Crippen LogP contribution in [0.1, 0.15) is 36.0 Å². The Hall–Kier alpha value is -0.820. The molecule has 1 aliphatic carbocycles. The van der Waals surface area contributed by atoms with Gasteiger partial charge in [-0.1, -0.05) is 24.7 Å². The van der Waals surface area contributed by atoms with Crippen LogP contribution in [0.25, 0.3) is 0 Å². The lowest BCUT2D eigenvalue weighted by atomic mass is 10.2. The summed E-state index contributed by atoms with van der Waals surface area (Å²) >= 11 is 3.22. The van der Waals surface area contributed by atoms with Crippen molar-refractivity contribution in [3.8, 4) is 0 Å². The van der Waals surface area contributed by atoms with Crippen LogP contribution < -0.4 is 10.6 Å². The Kier molecular flexibility index (Phi) is 4.82. The fourth-order valence-electron chi connectivity index (χ4n) is 2.15. The molecule has 1 aromatic rings. The van der Waals surface area contributed by atoms with Crippen molar-refractivity contribution in [2.24, 2.45) is 0 Å². The smallest absolute Gasteiger partial charge is 0.282 e. The normalized spacial score (nSPS) is 23.0. The summed E-state index contributed by atoms with van der Waals surface area (Å²) in [4.78, 5) is 12.0. The first kappa shape index (κ1) is 13.6. The zero-order valence-electron chi connectivity index (χ0n) is 10.6. The van der Waals surface area contributed by atoms with Gasteiger partial charge in [-0.2, -0.15) is 11.8 Å². The monoisotopic (exact) mass is 286 g/mol. The van der Waals surface area contributed by atoms with Gasteiger partial charge in [-0.25, -0.2) is 0 Å². The molecule has 0 saturated heterocycles. The average Bonchev–Trinajstić information content (AvgIpc) is 2.99. The molecule has 0 aromatic carbocycles. The van der Waals surface area contributed by atoms with E-state index in [-0.39, 0.29) is 11.9 Å². The number of nitrogens with zero attached hydrogens (tertiary/aromatic N) is 2.